The molecule has 0 saturated heterocycles. The summed E-state index contributed by atoms with van der Waals surface area (Å²) in [5.74, 6) is 0.272. The maximum Gasteiger partial charge on any atom is 0.320 e. The summed E-state index contributed by atoms with van der Waals surface area (Å²) < 4.78 is 14.0. The summed E-state index contributed by atoms with van der Waals surface area (Å²) in [5.41, 5.74) is 9.69. The van der Waals surface area contributed by atoms with Crippen LogP contribution >= 0.6 is 0 Å². The molecule has 15 nitrogen and oxygen atoms in total. The second-order valence-electron chi connectivity index (χ2n) is 15.2. The van der Waals surface area contributed by atoms with E-state index in [1.165, 1.54) is 0 Å². The number of rotatable bonds is 8. The molecule has 0 amide bonds. The Hall–Kier alpha value is -7.75. The third-order valence-corrected chi connectivity index (χ3v) is 10.5. The Morgan fingerprint density at radius 2 is 0.953 bits per heavy atom. The second-order valence-corrected chi connectivity index (χ2v) is 15.2. The molecule has 2 aromatic carbocycles. The summed E-state index contributed by atoms with van der Waals surface area (Å²) in [7, 11) is 0. The minimum atomic E-state index is -0.348. The normalized spacial score (nSPS) is 13.2. The standard InChI is InChI=1S/C49H45N11O4/c1-3-63-48(61)32-57-28-38-12-8-14-42(51-38)44-24-37(36-18-16-35(17-19-36)34-10-6-5-7-11-34)25-45(53-44)43-15-9-13-39(52-43)29-58(33-49(62)64-4-2)31-41-21-23-60(56-41)47-27-50-26-46(54-47)59-22-20-40(30-57)55-59/h5-27H,3-4,28-33H2,1-2H3. The summed E-state index contributed by atoms with van der Waals surface area (Å²) in [6.07, 6.45) is 6.86. The van der Waals surface area contributed by atoms with Gasteiger partial charge in [0.1, 0.15) is 0 Å². The predicted molar refractivity (Wildman–Crippen MR) is 239 cm³/mol. The Labute approximate surface area is 370 Å². The van der Waals surface area contributed by atoms with Crippen LogP contribution in [0.3, 0.4) is 0 Å². The van der Waals surface area contributed by atoms with Crippen LogP contribution in [-0.2, 0) is 45.2 Å². The van der Waals surface area contributed by atoms with Gasteiger partial charge in [-0.15, -0.1) is 0 Å². The largest absolute Gasteiger partial charge is 0.465 e. The highest BCUT2D eigenvalue weighted by Gasteiger charge is 2.20. The second kappa shape index (κ2) is 19.1. The van der Waals surface area contributed by atoms with Gasteiger partial charge in [-0.1, -0.05) is 66.7 Å². The monoisotopic (exact) mass is 851 g/mol. The zero-order valence-corrected chi connectivity index (χ0v) is 35.5. The van der Waals surface area contributed by atoms with Crippen LogP contribution < -0.4 is 0 Å². The first kappa shape index (κ1) is 41.6. The van der Waals surface area contributed by atoms with E-state index < -0.39 is 0 Å². The molecule has 0 atom stereocenters. The van der Waals surface area contributed by atoms with E-state index in [4.69, 9.17) is 39.6 Å². The van der Waals surface area contributed by atoms with E-state index >= 15 is 0 Å². The third-order valence-electron chi connectivity index (χ3n) is 10.5. The van der Waals surface area contributed by atoms with Crippen molar-refractivity contribution in [3.8, 4) is 56.7 Å². The molecule has 0 saturated carbocycles. The molecular weight excluding hydrogens is 807 g/mol. The van der Waals surface area contributed by atoms with Crippen molar-refractivity contribution in [2.24, 2.45) is 0 Å². The Kier molecular flexibility index (Phi) is 12.4. The first-order valence-corrected chi connectivity index (χ1v) is 21.1. The van der Waals surface area contributed by atoms with Gasteiger partial charge in [0.25, 0.3) is 0 Å². The number of benzene rings is 2. The molecule has 0 fully saturated rings. The van der Waals surface area contributed by atoms with E-state index in [9.17, 15) is 9.59 Å². The molecule has 15 heteroatoms. The smallest absolute Gasteiger partial charge is 0.320 e. The van der Waals surface area contributed by atoms with Gasteiger partial charge >= 0.3 is 11.9 Å². The fourth-order valence-corrected chi connectivity index (χ4v) is 7.61. The molecule has 0 aliphatic carbocycles. The van der Waals surface area contributed by atoms with Gasteiger partial charge in [-0.05, 0) is 84.6 Å². The van der Waals surface area contributed by atoms with Gasteiger partial charge < -0.3 is 9.47 Å². The van der Waals surface area contributed by atoms with Crippen molar-refractivity contribution in [3.63, 3.8) is 0 Å². The molecular formula is C49H45N11O4. The fraction of sp³-hybridized carbons (Fsp3) is 0.204. The molecule has 320 valence electrons. The van der Waals surface area contributed by atoms with Gasteiger partial charge in [-0.2, -0.15) is 10.2 Å². The van der Waals surface area contributed by atoms with Gasteiger partial charge in [0.2, 0.25) is 0 Å². The average molecular weight is 852 g/mol. The maximum atomic E-state index is 12.9. The van der Waals surface area contributed by atoms with Crippen LogP contribution in [0.2, 0.25) is 0 Å². The topological polar surface area (TPSA) is 159 Å². The summed E-state index contributed by atoms with van der Waals surface area (Å²) in [6, 6.07) is 38.3. The number of ether oxygens (including phenoxy) is 2. The number of carbonyl (C=O) groups is 2. The Morgan fingerprint density at radius 3 is 1.45 bits per heavy atom. The number of aromatic nitrogens is 9. The average Bonchev–Trinajstić information content (AvgIpc) is 3.99. The van der Waals surface area contributed by atoms with Crippen molar-refractivity contribution < 1.29 is 19.1 Å². The van der Waals surface area contributed by atoms with Crippen molar-refractivity contribution >= 4 is 11.9 Å². The lowest BCUT2D eigenvalue weighted by Gasteiger charge is -2.20. The van der Waals surface area contributed by atoms with Gasteiger partial charge in [-0.25, -0.2) is 29.3 Å². The van der Waals surface area contributed by atoms with Crippen molar-refractivity contribution in [2.75, 3.05) is 26.3 Å². The van der Waals surface area contributed by atoms with Crippen molar-refractivity contribution in [2.45, 2.75) is 40.0 Å². The highest BCUT2D eigenvalue weighted by molar-refractivity contribution is 5.77. The van der Waals surface area contributed by atoms with Gasteiger partial charge in [-0.3, -0.25) is 24.4 Å². The Morgan fingerprint density at radius 1 is 0.484 bits per heavy atom. The number of carbonyl (C=O) groups excluding carboxylic acids is 2. The van der Waals surface area contributed by atoms with Crippen LogP contribution in [0.25, 0.3) is 56.7 Å². The van der Waals surface area contributed by atoms with E-state index in [-0.39, 0.29) is 38.2 Å². The van der Waals surface area contributed by atoms with Gasteiger partial charge in [0, 0.05) is 38.6 Å². The molecule has 7 heterocycles. The highest BCUT2D eigenvalue weighted by Crippen LogP contribution is 2.31. The van der Waals surface area contributed by atoms with E-state index in [0.29, 0.717) is 72.0 Å². The number of esters is 2. The quantitative estimate of drug-likeness (QED) is 0.142. The molecule has 0 N–H and O–H groups in total. The van der Waals surface area contributed by atoms with Crippen molar-refractivity contribution in [1.29, 1.82) is 0 Å². The van der Waals surface area contributed by atoms with Crippen LogP contribution in [0.15, 0.2) is 140 Å². The fourth-order valence-electron chi connectivity index (χ4n) is 7.61. The van der Waals surface area contributed by atoms with Crippen LogP contribution in [0.5, 0.6) is 0 Å². The molecule has 0 radical (unpaired) electrons. The number of nitrogens with zero attached hydrogens (tertiary/aromatic N) is 11. The molecule has 12 bridgehead atoms. The molecule has 6 aromatic heterocycles. The van der Waals surface area contributed by atoms with Crippen molar-refractivity contribution in [3.05, 3.63) is 163 Å². The first-order chi connectivity index (χ1) is 31.3. The molecule has 0 unspecified atom stereocenters. The summed E-state index contributed by atoms with van der Waals surface area (Å²) >= 11 is 0. The van der Waals surface area contributed by atoms with Gasteiger partial charge in [0.05, 0.1) is 84.2 Å². The summed E-state index contributed by atoms with van der Waals surface area (Å²) in [6.45, 7) is 5.49. The van der Waals surface area contributed by atoms with E-state index in [1.54, 1.807) is 35.6 Å². The minimum Gasteiger partial charge on any atom is -0.465 e. The maximum absolute atomic E-state index is 12.9. The number of hydrogen-bond acceptors (Lipinski definition) is 13. The molecule has 0 spiro atoms. The highest BCUT2D eigenvalue weighted by atomic mass is 16.5. The Balaban J connectivity index is 1.15. The third kappa shape index (κ3) is 9.96. The van der Waals surface area contributed by atoms with Crippen molar-refractivity contribution in [1.82, 2.24) is 54.3 Å². The molecule has 1 aliphatic rings. The summed E-state index contributed by atoms with van der Waals surface area (Å²) in [4.78, 5) is 54.4. The van der Waals surface area contributed by atoms with Crippen LogP contribution in [0.1, 0.15) is 36.6 Å². The van der Waals surface area contributed by atoms with Crippen LogP contribution in [0.4, 0.5) is 0 Å². The first-order valence-electron chi connectivity index (χ1n) is 21.1. The molecule has 8 aromatic rings. The zero-order chi connectivity index (χ0) is 43.8. The molecule has 64 heavy (non-hydrogen) atoms. The lowest BCUT2D eigenvalue weighted by molar-refractivity contribution is -0.145. The van der Waals surface area contributed by atoms with Crippen LogP contribution in [0, 0.1) is 0 Å². The number of fused-ring (bicyclic) bond motifs is 16. The lowest BCUT2D eigenvalue weighted by Crippen LogP contribution is -2.31. The SMILES string of the molecule is CCOC(=O)CN1Cc2cccc(n2)-c2cc(-c3ccc(-c4ccccc4)cc3)cc(n2)-c2cccc(n2)CN(CC(=O)OCC)Cc2ccn(n2)-c2cncc(n2)-n2ccc(n2)C1. The minimum absolute atomic E-state index is 0.0274. The molecule has 1 aliphatic heterocycles. The number of hydrogen-bond donors (Lipinski definition) is 0. The zero-order valence-electron chi connectivity index (χ0n) is 35.5. The Bertz CT molecular complexity index is 2750. The summed E-state index contributed by atoms with van der Waals surface area (Å²) in [5, 5.41) is 9.63. The van der Waals surface area contributed by atoms with E-state index in [0.717, 1.165) is 33.6 Å². The molecule has 9 rings (SSSR count). The van der Waals surface area contributed by atoms with Gasteiger partial charge in [0.15, 0.2) is 11.6 Å². The predicted octanol–water partition coefficient (Wildman–Crippen LogP) is 7.15. The number of pyridine rings is 3. The van der Waals surface area contributed by atoms with E-state index in [1.807, 2.05) is 101 Å². The lowest BCUT2D eigenvalue weighted by atomic mass is 9.99. The van der Waals surface area contributed by atoms with Crippen LogP contribution in [-0.4, -0.2) is 92.5 Å². The van der Waals surface area contributed by atoms with E-state index in [2.05, 4.69) is 41.4 Å².